The van der Waals surface area contributed by atoms with Gasteiger partial charge in [-0.3, -0.25) is 9.78 Å². The van der Waals surface area contributed by atoms with Crippen molar-refractivity contribution in [2.24, 2.45) is 5.10 Å². The Morgan fingerprint density at radius 3 is 2.59 bits per heavy atom. The van der Waals surface area contributed by atoms with Crippen LogP contribution in [0, 0.1) is 0 Å². The van der Waals surface area contributed by atoms with Gasteiger partial charge in [-0.15, -0.1) is 0 Å². The van der Waals surface area contributed by atoms with E-state index in [1.807, 2.05) is 73.6 Å². The molecule has 1 fully saturated rings. The highest BCUT2D eigenvalue weighted by Gasteiger charge is 2.26. The fourth-order valence-corrected chi connectivity index (χ4v) is 3.06. The van der Waals surface area contributed by atoms with Crippen molar-refractivity contribution in [3.05, 3.63) is 71.4 Å². The van der Waals surface area contributed by atoms with Gasteiger partial charge in [0.2, 0.25) is 0 Å². The van der Waals surface area contributed by atoms with Gasteiger partial charge in [0.05, 0.1) is 17.3 Å². The minimum atomic E-state index is -0.211. The van der Waals surface area contributed by atoms with Crippen molar-refractivity contribution in [2.45, 2.75) is 18.8 Å². The molecule has 1 saturated carbocycles. The second-order valence-electron chi connectivity index (χ2n) is 7.07. The second-order valence-corrected chi connectivity index (χ2v) is 7.07. The fourth-order valence-electron chi connectivity index (χ4n) is 3.06. The number of pyridine rings is 1. The van der Waals surface area contributed by atoms with Gasteiger partial charge in [-0.05, 0) is 42.7 Å². The Labute approximate surface area is 158 Å². The van der Waals surface area contributed by atoms with Gasteiger partial charge in [-0.2, -0.15) is 5.10 Å². The Morgan fingerprint density at radius 1 is 1.15 bits per heavy atom. The largest absolute Gasteiger partial charge is 0.378 e. The van der Waals surface area contributed by atoms with Gasteiger partial charge in [0.1, 0.15) is 0 Å². The Bertz CT molecular complexity index is 1000. The predicted molar refractivity (Wildman–Crippen MR) is 110 cm³/mol. The van der Waals surface area contributed by atoms with E-state index in [0.29, 0.717) is 11.5 Å². The van der Waals surface area contributed by atoms with Crippen LogP contribution < -0.4 is 10.3 Å². The van der Waals surface area contributed by atoms with E-state index in [1.165, 1.54) is 0 Å². The third-order valence-electron chi connectivity index (χ3n) is 4.77. The topological polar surface area (TPSA) is 57.6 Å². The van der Waals surface area contributed by atoms with Crippen molar-refractivity contribution in [3.8, 4) is 0 Å². The zero-order valence-corrected chi connectivity index (χ0v) is 15.5. The van der Waals surface area contributed by atoms with Crippen LogP contribution in [0.5, 0.6) is 0 Å². The maximum Gasteiger partial charge on any atom is 0.272 e. The highest BCUT2D eigenvalue weighted by atomic mass is 16.2. The first kappa shape index (κ1) is 17.2. The average molecular weight is 358 g/mol. The number of rotatable bonds is 5. The lowest BCUT2D eigenvalue weighted by molar-refractivity contribution is 0.0956. The molecule has 0 atom stereocenters. The minimum Gasteiger partial charge on any atom is -0.378 e. The predicted octanol–water partition coefficient (Wildman–Crippen LogP) is 3.94. The molecular formula is C22H22N4O. The number of fused-ring (bicyclic) bond motifs is 1. The average Bonchev–Trinajstić information content (AvgIpc) is 3.52. The Hall–Kier alpha value is -3.21. The SMILES string of the molecule is CN(C)c1ccc(/C=N\NC(=O)c2cc(C3CC3)nc3ccccc23)cc1. The van der Waals surface area contributed by atoms with Gasteiger partial charge >= 0.3 is 0 Å². The van der Waals surface area contributed by atoms with E-state index in [9.17, 15) is 4.79 Å². The number of benzene rings is 2. The molecule has 2 aromatic carbocycles. The van der Waals surface area contributed by atoms with Crippen LogP contribution in [0.25, 0.3) is 10.9 Å². The summed E-state index contributed by atoms with van der Waals surface area (Å²) in [6.07, 6.45) is 3.95. The minimum absolute atomic E-state index is 0.211. The molecule has 4 rings (SSSR count). The summed E-state index contributed by atoms with van der Waals surface area (Å²) >= 11 is 0. The standard InChI is InChI=1S/C22H22N4O/c1-26(2)17-11-7-15(8-12-17)14-23-25-22(27)19-13-21(16-9-10-16)24-20-6-4-3-5-18(19)20/h3-8,11-14,16H,9-10H2,1-2H3,(H,25,27)/b23-14-. The quantitative estimate of drug-likeness (QED) is 0.555. The molecule has 1 aromatic heterocycles. The van der Waals surface area contributed by atoms with Gasteiger partial charge in [0.25, 0.3) is 5.91 Å². The van der Waals surface area contributed by atoms with Gasteiger partial charge in [-0.1, -0.05) is 30.3 Å². The van der Waals surface area contributed by atoms with Crippen molar-refractivity contribution in [1.82, 2.24) is 10.4 Å². The summed E-state index contributed by atoms with van der Waals surface area (Å²) < 4.78 is 0. The number of carbonyl (C=O) groups excluding carboxylic acids is 1. The summed E-state index contributed by atoms with van der Waals surface area (Å²) in [5.74, 6) is 0.275. The second kappa shape index (κ2) is 7.19. The van der Waals surface area contributed by atoms with Crippen LogP contribution >= 0.6 is 0 Å². The van der Waals surface area contributed by atoms with E-state index >= 15 is 0 Å². The number of carbonyl (C=O) groups is 1. The lowest BCUT2D eigenvalue weighted by atomic mass is 10.1. The summed E-state index contributed by atoms with van der Waals surface area (Å²) in [4.78, 5) is 19.5. The van der Waals surface area contributed by atoms with E-state index < -0.39 is 0 Å². The molecule has 0 radical (unpaired) electrons. The zero-order valence-electron chi connectivity index (χ0n) is 15.5. The molecule has 27 heavy (non-hydrogen) atoms. The summed E-state index contributed by atoms with van der Waals surface area (Å²) in [5, 5.41) is 4.98. The molecule has 136 valence electrons. The molecular weight excluding hydrogens is 336 g/mol. The molecule has 1 amide bonds. The smallest absolute Gasteiger partial charge is 0.272 e. The summed E-state index contributed by atoms with van der Waals surface area (Å²) in [5.41, 5.74) is 7.19. The van der Waals surface area contributed by atoms with Crippen molar-refractivity contribution in [1.29, 1.82) is 0 Å². The molecule has 1 aliphatic rings. The first-order valence-electron chi connectivity index (χ1n) is 9.12. The van der Waals surface area contributed by atoms with Crippen LogP contribution in [0.15, 0.2) is 59.7 Å². The number of anilines is 1. The summed E-state index contributed by atoms with van der Waals surface area (Å²) in [7, 11) is 4.00. The third kappa shape index (κ3) is 3.82. The number of hydrazone groups is 1. The van der Waals surface area contributed by atoms with Crippen LogP contribution in [0.2, 0.25) is 0 Å². The number of nitrogens with one attached hydrogen (secondary N) is 1. The van der Waals surface area contributed by atoms with Gasteiger partial charge < -0.3 is 4.90 Å². The van der Waals surface area contributed by atoms with Crippen LogP contribution in [-0.2, 0) is 0 Å². The normalized spacial score (nSPS) is 13.9. The molecule has 3 aromatic rings. The van der Waals surface area contributed by atoms with Crippen LogP contribution in [0.1, 0.15) is 40.4 Å². The third-order valence-corrected chi connectivity index (χ3v) is 4.77. The highest BCUT2D eigenvalue weighted by Crippen LogP contribution is 2.40. The monoisotopic (exact) mass is 358 g/mol. The van der Waals surface area contributed by atoms with Gasteiger partial charge in [0, 0.05) is 36.8 Å². The number of hydrogen-bond donors (Lipinski definition) is 1. The van der Waals surface area contributed by atoms with Crippen molar-refractivity contribution in [2.75, 3.05) is 19.0 Å². The Morgan fingerprint density at radius 2 is 1.89 bits per heavy atom. The molecule has 1 aliphatic carbocycles. The van der Waals surface area contributed by atoms with Crippen molar-refractivity contribution in [3.63, 3.8) is 0 Å². The van der Waals surface area contributed by atoms with E-state index in [0.717, 1.165) is 40.7 Å². The summed E-state index contributed by atoms with van der Waals surface area (Å²) in [6, 6.07) is 17.6. The Balaban J connectivity index is 1.54. The number of para-hydroxylation sites is 1. The molecule has 1 heterocycles. The van der Waals surface area contributed by atoms with E-state index in [4.69, 9.17) is 4.98 Å². The maximum absolute atomic E-state index is 12.7. The molecule has 0 saturated heterocycles. The fraction of sp³-hybridized carbons (Fsp3) is 0.227. The molecule has 0 aliphatic heterocycles. The molecule has 1 N–H and O–H groups in total. The number of aromatic nitrogens is 1. The number of hydrogen-bond acceptors (Lipinski definition) is 4. The molecule has 0 spiro atoms. The first-order chi connectivity index (χ1) is 13.1. The van der Waals surface area contributed by atoms with Crippen molar-refractivity contribution >= 4 is 28.7 Å². The van der Waals surface area contributed by atoms with Crippen LogP contribution in [-0.4, -0.2) is 31.2 Å². The lowest BCUT2D eigenvalue weighted by Crippen LogP contribution is -2.18. The van der Waals surface area contributed by atoms with Crippen LogP contribution in [0.3, 0.4) is 0 Å². The molecule has 5 nitrogen and oxygen atoms in total. The molecule has 0 unspecified atom stereocenters. The summed E-state index contributed by atoms with van der Waals surface area (Å²) in [6.45, 7) is 0. The first-order valence-corrected chi connectivity index (χ1v) is 9.12. The number of amides is 1. The van der Waals surface area contributed by atoms with Crippen LogP contribution in [0.4, 0.5) is 5.69 Å². The van der Waals surface area contributed by atoms with Crippen molar-refractivity contribution < 1.29 is 4.79 Å². The maximum atomic E-state index is 12.7. The van der Waals surface area contributed by atoms with E-state index in [-0.39, 0.29) is 5.91 Å². The van der Waals surface area contributed by atoms with Gasteiger partial charge in [0.15, 0.2) is 0 Å². The highest BCUT2D eigenvalue weighted by molar-refractivity contribution is 6.06. The zero-order chi connectivity index (χ0) is 18.8. The molecule has 5 heteroatoms. The molecule has 0 bridgehead atoms. The lowest BCUT2D eigenvalue weighted by Gasteiger charge is -2.11. The van der Waals surface area contributed by atoms with E-state index in [2.05, 4.69) is 10.5 Å². The van der Waals surface area contributed by atoms with E-state index in [1.54, 1.807) is 6.21 Å². The number of nitrogens with zero attached hydrogens (tertiary/aromatic N) is 3. The van der Waals surface area contributed by atoms with Gasteiger partial charge in [-0.25, -0.2) is 5.43 Å². The Kier molecular flexibility index (Phi) is 4.59.